The van der Waals surface area contributed by atoms with Crippen molar-refractivity contribution in [2.24, 2.45) is 0 Å². The second kappa shape index (κ2) is 8.12. The molecule has 2 aromatic heterocycles. The lowest BCUT2D eigenvalue weighted by molar-refractivity contribution is 0.122. The highest BCUT2D eigenvalue weighted by Crippen LogP contribution is 2.30. The van der Waals surface area contributed by atoms with Gasteiger partial charge in [-0.3, -0.25) is 4.57 Å². The number of fused-ring (bicyclic) bond motifs is 1. The number of hydrogen-bond donors (Lipinski definition) is 1. The van der Waals surface area contributed by atoms with Crippen LogP contribution in [0.1, 0.15) is 12.2 Å². The molecule has 0 atom stereocenters. The lowest BCUT2D eigenvalue weighted by atomic mass is 10.2. The number of anilines is 2. The maximum atomic E-state index is 14.2. The van der Waals surface area contributed by atoms with Crippen LogP contribution in [0.2, 0.25) is 0 Å². The van der Waals surface area contributed by atoms with Crippen molar-refractivity contribution in [3.05, 3.63) is 60.2 Å². The molecule has 32 heavy (non-hydrogen) atoms. The minimum Gasteiger partial charge on any atom is -0.396 e. The second-order valence-corrected chi connectivity index (χ2v) is 7.34. The fourth-order valence-corrected chi connectivity index (χ4v) is 3.72. The van der Waals surface area contributed by atoms with Gasteiger partial charge in [-0.2, -0.15) is 0 Å². The van der Waals surface area contributed by atoms with Crippen LogP contribution in [0.3, 0.4) is 0 Å². The number of hydrogen-bond acceptors (Lipinski definition) is 6. The van der Waals surface area contributed by atoms with Gasteiger partial charge in [0, 0.05) is 24.7 Å². The number of morpholine rings is 1. The molecule has 10 heteroatoms. The van der Waals surface area contributed by atoms with Crippen LogP contribution < -0.4 is 10.6 Å². The van der Waals surface area contributed by atoms with Crippen molar-refractivity contribution < 1.29 is 17.9 Å². The van der Waals surface area contributed by atoms with Gasteiger partial charge in [0.05, 0.1) is 29.9 Å². The molecule has 0 bridgehead atoms. The van der Waals surface area contributed by atoms with E-state index in [2.05, 4.69) is 15.0 Å². The third kappa shape index (κ3) is 3.62. The largest absolute Gasteiger partial charge is 0.396 e. The summed E-state index contributed by atoms with van der Waals surface area (Å²) in [5.74, 6) is -0.0832. The topological polar surface area (TPSA) is 82.1 Å². The molecule has 0 saturated carbocycles. The van der Waals surface area contributed by atoms with E-state index in [-0.39, 0.29) is 17.3 Å². The van der Waals surface area contributed by atoms with Crippen LogP contribution in [0.15, 0.2) is 48.5 Å². The van der Waals surface area contributed by atoms with Crippen LogP contribution >= 0.6 is 0 Å². The van der Waals surface area contributed by atoms with Crippen molar-refractivity contribution in [2.75, 3.05) is 36.9 Å². The van der Waals surface area contributed by atoms with E-state index in [9.17, 15) is 13.2 Å². The fourth-order valence-electron chi connectivity index (χ4n) is 3.72. The van der Waals surface area contributed by atoms with Crippen LogP contribution in [0.4, 0.5) is 24.7 Å². The summed E-state index contributed by atoms with van der Waals surface area (Å²) in [5.41, 5.74) is 6.90. The molecule has 1 aliphatic heterocycles. The zero-order valence-corrected chi connectivity index (χ0v) is 16.9. The standard InChI is InChI=1S/C22H19F3N6O/c23-14-11-13(5-6-15(14)26)21-28-18(30-7-9-32-10-8-30)12-19(29-21)31-17-4-2-1-3-16(17)27-22(31)20(24)25/h1-6,11-12,20H,7-10,26H2. The number of imidazole rings is 1. The summed E-state index contributed by atoms with van der Waals surface area (Å²) in [7, 11) is 0. The Bertz CT molecular complexity index is 1290. The van der Waals surface area contributed by atoms with Crippen LogP contribution in [0.25, 0.3) is 28.2 Å². The van der Waals surface area contributed by atoms with Crippen molar-refractivity contribution >= 4 is 22.5 Å². The molecule has 164 valence electrons. The molecule has 4 aromatic rings. The Morgan fingerprint density at radius 3 is 2.44 bits per heavy atom. The Kier molecular flexibility index (Phi) is 5.14. The Labute approximate surface area is 181 Å². The predicted octanol–water partition coefficient (Wildman–Crippen LogP) is 3.98. The molecule has 1 saturated heterocycles. The second-order valence-electron chi connectivity index (χ2n) is 7.34. The summed E-state index contributed by atoms with van der Waals surface area (Å²) in [6.07, 6.45) is -2.82. The molecular formula is C22H19F3N6O. The number of nitrogens with two attached hydrogens (primary N) is 1. The Hall–Kier alpha value is -3.66. The third-order valence-corrected chi connectivity index (χ3v) is 5.30. The summed E-state index contributed by atoms with van der Waals surface area (Å²) in [6, 6.07) is 12.7. The number of para-hydroxylation sites is 2. The highest BCUT2D eigenvalue weighted by molar-refractivity contribution is 5.78. The van der Waals surface area contributed by atoms with E-state index in [1.54, 1.807) is 36.4 Å². The van der Waals surface area contributed by atoms with Crippen molar-refractivity contribution in [1.29, 1.82) is 0 Å². The first-order valence-corrected chi connectivity index (χ1v) is 10.0. The number of nitrogen functional groups attached to an aromatic ring is 1. The van der Waals surface area contributed by atoms with Gasteiger partial charge in [-0.25, -0.2) is 28.1 Å². The number of ether oxygens (including phenoxy) is 1. The molecule has 1 fully saturated rings. The molecule has 2 aromatic carbocycles. The molecule has 7 nitrogen and oxygen atoms in total. The fraction of sp³-hybridized carbons (Fsp3) is 0.227. The highest BCUT2D eigenvalue weighted by atomic mass is 19.3. The smallest absolute Gasteiger partial charge is 0.296 e. The van der Waals surface area contributed by atoms with Gasteiger partial charge >= 0.3 is 0 Å². The monoisotopic (exact) mass is 440 g/mol. The molecule has 0 aliphatic carbocycles. The summed E-state index contributed by atoms with van der Waals surface area (Å²) in [6.45, 7) is 2.19. The van der Waals surface area contributed by atoms with Gasteiger partial charge < -0.3 is 15.4 Å². The third-order valence-electron chi connectivity index (χ3n) is 5.30. The Balaban J connectivity index is 1.74. The lowest BCUT2D eigenvalue weighted by Crippen LogP contribution is -2.37. The van der Waals surface area contributed by atoms with Gasteiger partial charge in [0.1, 0.15) is 17.5 Å². The molecule has 0 spiro atoms. The van der Waals surface area contributed by atoms with E-state index in [1.165, 1.54) is 16.7 Å². The first-order valence-electron chi connectivity index (χ1n) is 10.0. The first kappa shape index (κ1) is 20.3. The zero-order chi connectivity index (χ0) is 22.2. The van der Waals surface area contributed by atoms with E-state index >= 15 is 0 Å². The van der Waals surface area contributed by atoms with E-state index in [1.807, 2.05) is 4.90 Å². The minimum absolute atomic E-state index is 0.00102. The Morgan fingerprint density at radius 1 is 0.938 bits per heavy atom. The van der Waals surface area contributed by atoms with E-state index in [0.717, 1.165) is 0 Å². The van der Waals surface area contributed by atoms with Crippen molar-refractivity contribution in [3.8, 4) is 17.2 Å². The summed E-state index contributed by atoms with van der Waals surface area (Å²) in [5, 5.41) is 0. The maximum Gasteiger partial charge on any atom is 0.296 e. The van der Waals surface area contributed by atoms with Crippen LogP contribution in [0.5, 0.6) is 0 Å². The average molecular weight is 440 g/mol. The average Bonchev–Trinajstić information content (AvgIpc) is 3.21. The summed E-state index contributed by atoms with van der Waals surface area (Å²) in [4.78, 5) is 15.2. The van der Waals surface area contributed by atoms with Crippen molar-refractivity contribution in [2.45, 2.75) is 6.43 Å². The highest BCUT2D eigenvalue weighted by Gasteiger charge is 2.23. The number of rotatable bonds is 4. The van der Waals surface area contributed by atoms with Gasteiger partial charge in [0.2, 0.25) is 0 Å². The summed E-state index contributed by atoms with van der Waals surface area (Å²) >= 11 is 0. The van der Waals surface area contributed by atoms with E-state index in [0.29, 0.717) is 48.7 Å². The molecule has 2 N–H and O–H groups in total. The molecule has 0 radical (unpaired) electrons. The number of benzene rings is 2. The lowest BCUT2D eigenvalue weighted by Gasteiger charge is -2.28. The first-order chi connectivity index (χ1) is 15.5. The minimum atomic E-state index is -2.82. The van der Waals surface area contributed by atoms with E-state index < -0.39 is 18.1 Å². The molecule has 0 unspecified atom stereocenters. The number of nitrogens with zero attached hydrogens (tertiary/aromatic N) is 5. The van der Waals surface area contributed by atoms with Gasteiger partial charge in [0.25, 0.3) is 6.43 Å². The molecule has 3 heterocycles. The van der Waals surface area contributed by atoms with Gasteiger partial charge in [-0.15, -0.1) is 0 Å². The predicted molar refractivity (Wildman–Crippen MR) is 114 cm³/mol. The maximum absolute atomic E-state index is 14.2. The molecule has 1 aliphatic rings. The molecule has 5 rings (SSSR count). The SMILES string of the molecule is Nc1ccc(-c2nc(N3CCOCC3)cc(-n3c(C(F)F)nc4ccccc43)n2)cc1F. The molecular weight excluding hydrogens is 421 g/mol. The number of alkyl halides is 2. The van der Waals surface area contributed by atoms with Gasteiger partial charge in [-0.05, 0) is 30.3 Å². The van der Waals surface area contributed by atoms with Crippen LogP contribution in [0, 0.1) is 5.82 Å². The Morgan fingerprint density at radius 2 is 1.69 bits per heavy atom. The van der Waals surface area contributed by atoms with Gasteiger partial charge in [-0.1, -0.05) is 12.1 Å². The van der Waals surface area contributed by atoms with Crippen LogP contribution in [-0.4, -0.2) is 45.8 Å². The summed E-state index contributed by atoms with van der Waals surface area (Å²) < 4.78 is 48.7. The van der Waals surface area contributed by atoms with Crippen LogP contribution in [-0.2, 0) is 4.74 Å². The van der Waals surface area contributed by atoms with Crippen molar-refractivity contribution in [1.82, 2.24) is 19.5 Å². The molecule has 0 amide bonds. The zero-order valence-electron chi connectivity index (χ0n) is 16.9. The van der Waals surface area contributed by atoms with E-state index in [4.69, 9.17) is 10.5 Å². The normalized spacial score (nSPS) is 14.4. The number of halogens is 3. The van der Waals surface area contributed by atoms with Gasteiger partial charge in [0.15, 0.2) is 11.6 Å². The number of aromatic nitrogens is 4. The van der Waals surface area contributed by atoms with Crippen molar-refractivity contribution in [3.63, 3.8) is 0 Å². The quantitative estimate of drug-likeness (QED) is 0.484.